The van der Waals surface area contributed by atoms with Crippen LogP contribution in [0.15, 0.2) is 79.0 Å². The van der Waals surface area contributed by atoms with Crippen molar-refractivity contribution in [3.63, 3.8) is 0 Å². The van der Waals surface area contributed by atoms with Gasteiger partial charge in [0.05, 0.1) is 6.67 Å². The first-order valence-electron chi connectivity index (χ1n) is 16.5. The zero-order valence-electron chi connectivity index (χ0n) is 26.4. The number of anilines is 1. The topological polar surface area (TPSA) is 115 Å². The number of likely N-dealkylation sites (tertiary alicyclic amines) is 1. The standard InChI is InChI=1S/C36H41ClN6O4/c37-27-16-14-26(15-17-27)23-31(40-33(45)30-13-7-8-20-38-30)34(46)41-21-18-36(19-22-41)35(47)42(25-43(36)29-11-5-2-6-12-29)24-32(44)39-28-9-3-1-4-10-28/h2,5-8,11-17,20,28,31H,1,3-4,9-10,18-19,21-25H2,(H,39,44)(H,40,45)/t31-/m1/s1. The number of rotatable bonds is 9. The van der Waals surface area contributed by atoms with Crippen LogP contribution in [0.1, 0.15) is 61.0 Å². The Balaban J connectivity index is 1.18. The first-order valence-corrected chi connectivity index (χ1v) is 16.9. The van der Waals surface area contributed by atoms with Crippen LogP contribution in [0.3, 0.4) is 0 Å². The number of pyridine rings is 1. The van der Waals surface area contributed by atoms with Crippen LogP contribution in [-0.2, 0) is 20.8 Å². The van der Waals surface area contributed by atoms with Gasteiger partial charge in [0.2, 0.25) is 11.8 Å². The molecule has 3 heterocycles. The summed E-state index contributed by atoms with van der Waals surface area (Å²) in [7, 11) is 0. The number of hydrogen-bond acceptors (Lipinski definition) is 6. The average Bonchev–Trinajstić information content (AvgIpc) is 3.36. The molecule has 3 aliphatic rings. The summed E-state index contributed by atoms with van der Waals surface area (Å²) in [4.78, 5) is 64.1. The third-order valence-corrected chi connectivity index (χ3v) is 9.90. The lowest BCUT2D eigenvalue weighted by atomic mass is 9.85. The highest BCUT2D eigenvalue weighted by molar-refractivity contribution is 6.30. The van der Waals surface area contributed by atoms with Gasteiger partial charge in [-0.05, 0) is 67.6 Å². The molecule has 2 saturated heterocycles. The first kappa shape index (κ1) is 32.5. The van der Waals surface area contributed by atoms with E-state index >= 15 is 0 Å². The number of halogens is 1. The van der Waals surface area contributed by atoms with Gasteiger partial charge in [-0.25, -0.2) is 0 Å². The lowest BCUT2D eigenvalue weighted by molar-refractivity contribution is -0.140. The van der Waals surface area contributed by atoms with Crippen molar-refractivity contribution in [3.8, 4) is 0 Å². The van der Waals surface area contributed by atoms with Crippen molar-refractivity contribution in [2.24, 2.45) is 0 Å². The highest BCUT2D eigenvalue weighted by atomic mass is 35.5. The van der Waals surface area contributed by atoms with E-state index in [9.17, 15) is 19.2 Å². The highest BCUT2D eigenvalue weighted by Crippen LogP contribution is 2.39. The van der Waals surface area contributed by atoms with Crippen molar-refractivity contribution in [2.45, 2.75) is 69.0 Å². The van der Waals surface area contributed by atoms with E-state index in [0.29, 0.717) is 37.6 Å². The molecular weight excluding hydrogens is 616 g/mol. The van der Waals surface area contributed by atoms with Crippen LogP contribution >= 0.6 is 11.6 Å². The molecule has 4 amide bonds. The Bertz CT molecular complexity index is 1560. The fourth-order valence-corrected chi connectivity index (χ4v) is 7.24. The van der Waals surface area contributed by atoms with Crippen LogP contribution in [-0.4, -0.2) is 82.3 Å². The third kappa shape index (κ3) is 7.43. The highest BCUT2D eigenvalue weighted by Gasteiger charge is 2.54. The number of benzene rings is 2. The van der Waals surface area contributed by atoms with E-state index in [-0.39, 0.29) is 42.4 Å². The van der Waals surface area contributed by atoms with Gasteiger partial charge >= 0.3 is 0 Å². The molecule has 2 aliphatic heterocycles. The predicted molar refractivity (Wildman–Crippen MR) is 180 cm³/mol. The average molecular weight is 657 g/mol. The summed E-state index contributed by atoms with van der Waals surface area (Å²) in [6.07, 6.45) is 7.98. The Labute approximate surface area is 280 Å². The molecule has 0 unspecified atom stereocenters. The molecule has 2 aromatic carbocycles. The van der Waals surface area contributed by atoms with E-state index in [4.69, 9.17) is 11.6 Å². The number of nitrogens with one attached hydrogen (secondary N) is 2. The van der Waals surface area contributed by atoms with Gasteiger partial charge in [-0.15, -0.1) is 0 Å². The molecule has 1 spiro atoms. The number of nitrogens with zero attached hydrogens (tertiary/aromatic N) is 4. The van der Waals surface area contributed by atoms with Crippen LogP contribution in [0.2, 0.25) is 5.02 Å². The van der Waals surface area contributed by atoms with Crippen molar-refractivity contribution >= 4 is 40.9 Å². The molecule has 1 saturated carbocycles. The molecule has 2 N–H and O–H groups in total. The minimum Gasteiger partial charge on any atom is -0.352 e. The van der Waals surface area contributed by atoms with Gasteiger partial charge in [0.15, 0.2) is 0 Å². The van der Waals surface area contributed by atoms with Crippen LogP contribution in [0, 0.1) is 0 Å². The van der Waals surface area contributed by atoms with Crippen LogP contribution in [0.25, 0.3) is 0 Å². The summed E-state index contributed by atoms with van der Waals surface area (Å²) < 4.78 is 0. The zero-order chi connectivity index (χ0) is 32.8. The number of carbonyl (C=O) groups is 4. The van der Waals surface area contributed by atoms with Gasteiger partial charge in [0.1, 0.15) is 23.8 Å². The molecule has 246 valence electrons. The van der Waals surface area contributed by atoms with Crippen molar-refractivity contribution in [3.05, 3.63) is 95.3 Å². The van der Waals surface area contributed by atoms with Crippen molar-refractivity contribution in [2.75, 3.05) is 31.2 Å². The molecule has 3 aromatic rings. The maximum absolute atomic E-state index is 14.2. The quantitative estimate of drug-likeness (QED) is 0.357. The normalized spacial score (nSPS) is 18.7. The lowest BCUT2D eigenvalue weighted by Gasteiger charge is -2.44. The fourth-order valence-electron chi connectivity index (χ4n) is 7.12. The molecule has 47 heavy (non-hydrogen) atoms. The van der Waals surface area contributed by atoms with Crippen molar-refractivity contribution in [1.82, 2.24) is 25.4 Å². The van der Waals surface area contributed by atoms with E-state index in [0.717, 1.165) is 36.9 Å². The summed E-state index contributed by atoms with van der Waals surface area (Å²) >= 11 is 6.10. The minimum atomic E-state index is -0.883. The molecule has 0 radical (unpaired) electrons. The molecule has 3 fully saturated rings. The molecule has 1 aliphatic carbocycles. The van der Waals surface area contributed by atoms with E-state index in [1.165, 1.54) is 12.6 Å². The summed E-state index contributed by atoms with van der Waals surface area (Å²) in [6.45, 7) is 0.958. The largest absolute Gasteiger partial charge is 0.352 e. The summed E-state index contributed by atoms with van der Waals surface area (Å²) in [5.41, 5.74) is 1.10. The second-order valence-electron chi connectivity index (χ2n) is 12.7. The lowest BCUT2D eigenvalue weighted by Crippen LogP contribution is -2.60. The third-order valence-electron chi connectivity index (χ3n) is 9.64. The van der Waals surface area contributed by atoms with Gasteiger partial charge in [-0.2, -0.15) is 0 Å². The number of carbonyl (C=O) groups excluding carboxylic acids is 4. The Kier molecular flexibility index (Phi) is 10.1. The van der Waals surface area contributed by atoms with Crippen LogP contribution in [0.5, 0.6) is 0 Å². The minimum absolute atomic E-state index is 0.00574. The Morgan fingerprint density at radius 1 is 0.915 bits per heavy atom. The van der Waals surface area contributed by atoms with E-state index in [1.807, 2.05) is 42.5 Å². The fraction of sp³-hybridized carbons (Fsp3) is 0.417. The Morgan fingerprint density at radius 2 is 1.62 bits per heavy atom. The van der Waals surface area contributed by atoms with Crippen molar-refractivity contribution < 1.29 is 19.2 Å². The summed E-state index contributed by atoms with van der Waals surface area (Å²) in [5, 5.41) is 6.63. The van der Waals surface area contributed by atoms with Gasteiger partial charge in [0.25, 0.3) is 11.8 Å². The Morgan fingerprint density at radius 3 is 2.30 bits per heavy atom. The summed E-state index contributed by atoms with van der Waals surface area (Å²) in [6, 6.07) is 21.4. The second kappa shape index (κ2) is 14.5. The molecular formula is C36H41ClN6O4. The van der Waals surface area contributed by atoms with Crippen molar-refractivity contribution in [1.29, 1.82) is 0 Å². The zero-order valence-corrected chi connectivity index (χ0v) is 27.2. The van der Waals surface area contributed by atoms with Gasteiger partial charge in [0, 0.05) is 42.5 Å². The molecule has 11 heteroatoms. The SMILES string of the molecule is O=C(CN1CN(c2ccccc2)C2(CCN(C(=O)[C@@H](Cc3ccc(Cl)cc3)NC(=O)c3ccccn3)CC2)C1=O)NC1CCCCC1. The second-order valence-corrected chi connectivity index (χ2v) is 13.2. The molecule has 10 nitrogen and oxygen atoms in total. The van der Waals surface area contributed by atoms with Crippen LogP contribution in [0.4, 0.5) is 5.69 Å². The van der Waals surface area contributed by atoms with Gasteiger partial charge in [-0.3, -0.25) is 24.2 Å². The smallest absolute Gasteiger partial charge is 0.270 e. The Hall–Kier alpha value is -4.44. The summed E-state index contributed by atoms with van der Waals surface area (Å²) in [5.74, 6) is -0.876. The predicted octanol–water partition coefficient (Wildman–Crippen LogP) is 4.19. The number of para-hydroxylation sites is 1. The molecule has 1 aromatic heterocycles. The number of piperidine rings is 1. The van der Waals surface area contributed by atoms with Gasteiger partial charge in [-0.1, -0.05) is 67.3 Å². The number of amides is 4. The van der Waals surface area contributed by atoms with Gasteiger partial charge < -0.3 is 25.3 Å². The maximum Gasteiger partial charge on any atom is 0.270 e. The van der Waals surface area contributed by atoms with Crippen LogP contribution < -0.4 is 15.5 Å². The van der Waals surface area contributed by atoms with E-state index in [2.05, 4.69) is 20.5 Å². The van der Waals surface area contributed by atoms with E-state index < -0.39 is 17.5 Å². The maximum atomic E-state index is 14.2. The van der Waals surface area contributed by atoms with E-state index in [1.54, 1.807) is 40.1 Å². The number of aromatic nitrogens is 1. The number of hydrogen-bond donors (Lipinski definition) is 2. The monoisotopic (exact) mass is 656 g/mol. The molecule has 0 bridgehead atoms. The molecule has 6 rings (SSSR count). The first-order chi connectivity index (χ1) is 22.8. The molecule has 1 atom stereocenters.